The fourth-order valence-electron chi connectivity index (χ4n) is 2.96. The molecule has 0 amide bonds. The third-order valence-electron chi connectivity index (χ3n) is 4.72. The van der Waals surface area contributed by atoms with Gasteiger partial charge in [-0.15, -0.1) is 0 Å². The summed E-state index contributed by atoms with van der Waals surface area (Å²) in [6, 6.07) is 9.48. The van der Waals surface area contributed by atoms with Crippen LogP contribution < -0.4 is 14.9 Å². The number of nitrogens with one attached hydrogen (secondary N) is 2. The van der Waals surface area contributed by atoms with E-state index in [1.807, 2.05) is 0 Å². The average Bonchev–Trinajstić information content (AvgIpc) is 2.82. The van der Waals surface area contributed by atoms with Gasteiger partial charge in [0, 0.05) is 29.5 Å². The van der Waals surface area contributed by atoms with E-state index >= 15 is 0 Å². The molecule has 0 aliphatic carbocycles. The van der Waals surface area contributed by atoms with E-state index in [0.717, 1.165) is 12.1 Å². The predicted molar refractivity (Wildman–Crippen MR) is 125 cm³/mol. The second-order valence-corrected chi connectivity index (χ2v) is 8.55. The number of sulfonamides is 1. The number of rotatable bonds is 9. The first-order valence-electron chi connectivity index (χ1n) is 9.69. The molecule has 0 saturated carbocycles. The molecule has 0 atom stereocenters. The predicted octanol–water partition coefficient (Wildman–Crippen LogP) is 2.75. The molecule has 4 N–H and O–H groups in total. The molecule has 0 aliphatic rings. The van der Waals surface area contributed by atoms with Gasteiger partial charge < -0.3 is 14.9 Å². The molecule has 13 heteroatoms. The third kappa shape index (κ3) is 5.22. The average molecular weight is 487 g/mol. The van der Waals surface area contributed by atoms with Crippen molar-refractivity contribution in [3.8, 4) is 11.5 Å². The zero-order valence-electron chi connectivity index (χ0n) is 18.1. The number of nitrogens with zero attached hydrogens (tertiary/aromatic N) is 3. The topological polar surface area (TPSA) is 176 Å². The van der Waals surface area contributed by atoms with E-state index in [9.17, 15) is 28.7 Å². The maximum Gasteiger partial charge on any atom is 0.270 e. The lowest BCUT2D eigenvalue weighted by atomic mass is 10.1. The lowest BCUT2D eigenvalue weighted by Crippen LogP contribution is -2.15. The van der Waals surface area contributed by atoms with Crippen LogP contribution in [0.4, 0.5) is 17.1 Å². The van der Waals surface area contributed by atoms with Crippen LogP contribution in [0.2, 0.25) is 0 Å². The Morgan fingerprint density at radius 1 is 1.24 bits per heavy atom. The summed E-state index contributed by atoms with van der Waals surface area (Å²) in [4.78, 5) is 14.0. The highest BCUT2D eigenvalue weighted by Gasteiger charge is 2.24. The van der Waals surface area contributed by atoms with Crippen molar-refractivity contribution in [3.63, 3.8) is 0 Å². The number of pyridine rings is 1. The SMILES string of the molecule is COc1ccccc1NS(=O)(=O)c1cc([N+](=O)[O-])ccc1N/N=C/c1c(CO)cnc(C)c1O. The van der Waals surface area contributed by atoms with Gasteiger partial charge in [0.25, 0.3) is 15.7 Å². The van der Waals surface area contributed by atoms with E-state index < -0.39 is 32.1 Å². The zero-order valence-corrected chi connectivity index (χ0v) is 18.9. The standard InChI is InChI=1S/C21H21N5O7S/c1-13-21(28)16(14(12-27)10-22-13)11-23-24-18-8-7-15(26(29)30)9-20(18)34(31,32)25-17-5-3-4-6-19(17)33-2/h3-11,24-25,27-28H,12H2,1-2H3/b23-11+. The number of aromatic nitrogens is 1. The molecule has 0 radical (unpaired) electrons. The number of hydrazone groups is 1. The number of methoxy groups -OCH3 is 1. The van der Waals surface area contributed by atoms with Crippen molar-refractivity contribution in [2.75, 3.05) is 17.3 Å². The summed E-state index contributed by atoms with van der Waals surface area (Å²) in [5.41, 5.74) is 2.93. The van der Waals surface area contributed by atoms with Gasteiger partial charge in [-0.25, -0.2) is 8.42 Å². The van der Waals surface area contributed by atoms with Crippen molar-refractivity contribution >= 4 is 33.3 Å². The molecule has 2 aromatic carbocycles. The molecule has 0 unspecified atom stereocenters. The van der Waals surface area contributed by atoms with Crippen molar-refractivity contribution in [3.05, 3.63) is 75.6 Å². The molecule has 12 nitrogen and oxygen atoms in total. The quantitative estimate of drug-likeness (QED) is 0.201. The Morgan fingerprint density at radius 3 is 2.65 bits per heavy atom. The molecular weight excluding hydrogens is 466 g/mol. The maximum absolute atomic E-state index is 13.1. The molecule has 0 saturated heterocycles. The summed E-state index contributed by atoms with van der Waals surface area (Å²) < 4.78 is 33.8. The molecule has 1 heterocycles. The largest absolute Gasteiger partial charge is 0.505 e. The zero-order chi connectivity index (χ0) is 24.9. The van der Waals surface area contributed by atoms with Crippen LogP contribution in [0.3, 0.4) is 0 Å². The fraction of sp³-hybridized carbons (Fsp3) is 0.143. The van der Waals surface area contributed by atoms with Crippen LogP contribution in [0.15, 0.2) is 58.7 Å². The lowest BCUT2D eigenvalue weighted by Gasteiger charge is -2.14. The molecule has 34 heavy (non-hydrogen) atoms. The van der Waals surface area contributed by atoms with E-state index in [0.29, 0.717) is 11.3 Å². The Hall–Kier alpha value is -4.23. The Labute approximate surface area is 194 Å². The Bertz CT molecular complexity index is 1360. The molecule has 0 spiro atoms. The first-order chi connectivity index (χ1) is 16.2. The minimum atomic E-state index is -4.33. The minimum absolute atomic E-state index is 0.0694. The van der Waals surface area contributed by atoms with Gasteiger partial charge in [-0.2, -0.15) is 5.10 Å². The summed E-state index contributed by atoms with van der Waals surface area (Å²) in [5, 5.41) is 34.9. The number of ether oxygens (including phenoxy) is 1. The van der Waals surface area contributed by atoms with Gasteiger partial charge >= 0.3 is 0 Å². The molecule has 1 aromatic heterocycles. The van der Waals surface area contributed by atoms with Gasteiger partial charge in [0.1, 0.15) is 16.4 Å². The van der Waals surface area contributed by atoms with E-state index in [1.165, 1.54) is 31.7 Å². The molecule has 178 valence electrons. The van der Waals surface area contributed by atoms with Crippen molar-refractivity contribution < 1.29 is 28.3 Å². The van der Waals surface area contributed by atoms with E-state index in [2.05, 4.69) is 20.2 Å². The molecule has 0 aliphatic heterocycles. The number of aromatic hydroxyl groups is 1. The number of benzene rings is 2. The number of aryl methyl sites for hydroxylation is 1. The highest BCUT2D eigenvalue weighted by Crippen LogP contribution is 2.31. The van der Waals surface area contributed by atoms with Gasteiger partial charge in [0.05, 0.1) is 41.9 Å². The van der Waals surface area contributed by atoms with Crippen LogP contribution in [0.1, 0.15) is 16.8 Å². The molecular formula is C21H21N5O7S. The number of aliphatic hydroxyl groups excluding tert-OH is 1. The summed E-state index contributed by atoms with van der Waals surface area (Å²) >= 11 is 0. The van der Waals surface area contributed by atoms with Crippen molar-refractivity contribution in [2.24, 2.45) is 5.10 Å². The van der Waals surface area contributed by atoms with Gasteiger partial charge in [-0.3, -0.25) is 25.2 Å². The summed E-state index contributed by atoms with van der Waals surface area (Å²) in [6.45, 7) is 1.15. The van der Waals surface area contributed by atoms with Crippen LogP contribution in [-0.2, 0) is 16.6 Å². The van der Waals surface area contributed by atoms with Crippen molar-refractivity contribution in [2.45, 2.75) is 18.4 Å². The van der Waals surface area contributed by atoms with Crippen LogP contribution in [0, 0.1) is 17.0 Å². The highest BCUT2D eigenvalue weighted by molar-refractivity contribution is 7.93. The van der Waals surface area contributed by atoms with E-state index in [1.54, 1.807) is 25.1 Å². The van der Waals surface area contributed by atoms with E-state index in [4.69, 9.17) is 4.74 Å². The number of nitro benzene ring substituents is 1. The van der Waals surface area contributed by atoms with E-state index in [-0.39, 0.29) is 28.4 Å². The number of nitro groups is 1. The van der Waals surface area contributed by atoms with Crippen LogP contribution in [0.5, 0.6) is 11.5 Å². The Morgan fingerprint density at radius 2 is 1.97 bits per heavy atom. The van der Waals surface area contributed by atoms with Gasteiger partial charge in [-0.1, -0.05) is 12.1 Å². The number of para-hydroxylation sites is 2. The maximum atomic E-state index is 13.1. The number of aliphatic hydroxyl groups is 1. The molecule has 3 rings (SSSR count). The molecule has 0 bridgehead atoms. The highest BCUT2D eigenvalue weighted by atomic mass is 32.2. The molecule has 3 aromatic rings. The Balaban J connectivity index is 2.01. The lowest BCUT2D eigenvalue weighted by molar-refractivity contribution is -0.385. The second kappa shape index (κ2) is 10.1. The van der Waals surface area contributed by atoms with Crippen LogP contribution in [-0.4, -0.2) is 41.9 Å². The first kappa shape index (κ1) is 24.4. The van der Waals surface area contributed by atoms with Gasteiger partial charge in [0.2, 0.25) is 0 Å². The van der Waals surface area contributed by atoms with Gasteiger partial charge in [-0.05, 0) is 25.1 Å². The number of hydrogen-bond donors (Lipinski definition) is 4. The number of hydrogen-bond acceptors (Lipinski definition) is 10. The smallest absolute Gasteiger partial charge is 0.270 e. The summed E-state index contributed by atoms with van der Waals surface area (Å²) in [7, 11) is -2.95. The first-order valence-corrected chi connectivity index (χ1v) is 11.2. The number of anilines is 2. The normalized spacial score (nSPS) is 11.4. The van der Waals surface area contributed by atoms with Crippen LogP contribution in [0.25, 0.3) is 0 Å². The monoisotopic (exact) mass is 487 g/mol. The number of non-ortho nitro benzene ring substituents is 1. The fourth-order valence-corrected chi connectivity index (χ4v) is 4.20. The van der Waals surface area contributed by atoms with Gasteiger partial charge in [0.15, 0.2) is 0 Å². The van der Waals surface area contributed by atoms with Crippen molar-refractivity contribution in [1.82, 2.24) is 4.98 Å². The van der Waals surface area contributed by atoms with Crippen LogP contribution >= 0.6 is 0 Å². The Kier molecular flexibility index (Phi) is 7.28. The summed E-state index contributed by atoms with van der Waals surface area (Å²) in [5.74, 6) is 0.0515. The third-order valence-corrected chi connectivity index (χ3v) is 6.13. The van der Waals surface area contributed by atoms with Crippen molar-refractivity contribution in [1.29, 1.82) is 0 Å². The second-order valence-electron chi connectivity index (χ2n) is 6.90. The summed E-state index contributed by atoms with van der Waals surface area (Å²) in [6.07, 6.45) is 2.55. The molecule has 0 fully saturated rings. The minimum Gasteiger partial charge on any atom is -0.505 e.